The highest BCUT2D eigenvalue weighted by molar-refractivity contribution is 6.76. The molecule has 4 nitrogen and oxygen atoms in total. The molecule has 0 spiro atoms. The third-order valence-corrected chi connectivity index (χ3v) is 0.412. The first kappa shape index (κ1) is 6.45. The number of ether oxygens (including phenoxy) is 1. The van der Waals surface area contributed by atoms with Crippen LogP contribution >= 0.6 is 0 Å². The Hall–Kier alpha value is -0.545. The molecule has 40 valence electrons. The van der Waals surface area contributed by atoms with Gasteiger partial charge in [-0.3, -0.25) is 4.79 Å². The molecule has 0 saturated carbocycles. The molecular formula is C2H5BO4. The Morgan fingerprint density at radius 1 is 1.71 bits per heavy atom. The van der Waals surface area contributed by atoms with E-state index < -0.39 is 13.0 Å². The van der Waals surface area contributed by atoms with Crippen molar-refractivity contribution >= 4 is 13.0 Å². The van der Waals surface area contributed by atoms with E-state index in [1.54, 1.807) is 0 Å². The van der Waals surface area contributed by atoms with Gasteiger partial charge in [0.25, 0.3) is 0 Å². The standard InChI is InChI=1S/C2H5BO4/c1-7-2(4)3(5)6/h5-6H,1H3. The molecule has 0 radical (unpaired) electrons. The molecule has 0 rings (SSSR count). The second kappa shape index (κ2) is 2.60. The molecule has 0 amide bonds. The lowest BCUT2D eigenvalue weighted by Gasteiger charge is -1.91. The Balaban J connectivity index is 3.35. The van der Waals surface area contributed by atoms with E-state index in [1.807, 2.05) is 0 Å². The van der Waals surface area contributed by atoms with Gasteiger partial charge < -0.3 is 14.8 Å². The van der Waals surface area contributed by atoms with Gasteiger partial charge in [-0.1, -0.05) is 0 Å². The molecule has 0 unspecified atom stereocenters. The maximum Gasteiger partial charge on any atom is 0.579 e. The summed E-state index contributed by atoms with van der Waals surface area (Å²) in [5.41, 5.74) is 0. The maximum atomic E-state index is 9.79. The molecule has 0 aromatic heterocycles. The summed E-state index contributed by atoms with van der Waals surface area (Å²) < 4.78 is 3.87. The van der Waals surface area contributed by atoms with Crippen LogP contribution in [0.15, 0.2) is 0 Å². The predicted molar refractivity (Wildman–Crippen MR) is 22.6 cm³/mol. The normalized spacial score (nSPS) is 7.86. The average Bonchev–Trinajstić information content (AvgIpc) is 1.65. The molecule has 7 heavy (non-hydrogen) atoms. The fourth-order valence-corrected chi connectivity index (χ4v) is 0.105. The highest BCUT2D eigenvalue weighted by Gasteiger charge is 2.19. The zero-order chi connectivity index (χ0) is 5.86. The highest BCUT2D eigenvalue weighted by atomic mass is 16.5. The van der Waals surface area contributed by atoms with Gasteiger partial charge in [0, 0.05) is 0 Å². The van der Waals surface area contributed by atoms with E-state index in [-0.39, 0.29) is 0 Å². The number of hydrogen-bond donors (Lipinski definition) is 2. The van der Waals surface area contributed by atoms with Crippen molar-refractivity contribution in [3.05, 3.63) is 0 Å². The van der Waals surface area contributed by atoms with Crippen LogP contribution < -0.4 is 0 Å². The molecule has 0 bridgehead atoms. The third-order valence-electron chi connectivity index (χ3n) is 0.412. The lowest BCUT2D eigenvalue weighted by atomic mass is 9.93. The van der Waals surface area contributed by atoms with Gasteiger partial charge in [0.1, 0.15) is 0 Å². The van der Waals surface area contributed by atoms with Gasteiger partial charge >= 0.3 is 13.0 Å². The summed E-state index contributed by atoms with van der Waals surface area (Å²) in [5.74, 6) is -1.04. The maximum absolute atomic E-state index is 9.79. The second-order valence-electron chi connectivity index (χ2n) is 0.897. The van der Waals surface area contributed by atoms with Crippen LogP contribution in [0.3, 0.4) is 0 Å². The summed E-state index contributed by atoms with van der Waals surface area (Å²) in [4.78, 5) is 9.79. The first-order chi connectivity index (χ1) is 3.18. The lowest BCUT2D eigenvalue weighted by molar-refractivity contribution is 0.185. The number of carbonyl (C=O) groups is 1. The zero-order valence-electron chi connectivity index (χ0n) is 3.79. The number of rotatable bonds is 1. The lowest BCUT2D eigenvalue weighted by Crippen LogP contribution is -2.24. The van der Waals surface area contributed by atoms with Crippen LogP contribution in [0, 0.1) is 0 Å². The molecule has 0 aromatic rings. The number of hydrogen-bond acceptors (Lipinski definition) is 4. The molecule has 0 aliphatic heterocycles. The van der Waals surface area contributed by atoms with Crippen LogP contribution in [0.1, 0.15) is 0 Å². The van der Waals surface area contributed by atoms with Crippen molar-refractivity contribution < 1.29 is 19.6 Å². The van der Waals surface area contributed by atoms with Crippen molar-refractivity contribution in [2.75, 3.05) is 7.11 Å². The zero-order valence-corrected chi connectivity index (χ0v) is 3.79. The summed E-state index contributed by atoms with van der Waals surface area (Å²) in [7, 11) is -0.924. The van der Waals surface area contributed by atoms with E-state index in [1.165, 1.54) is 0 Å². The Morgan fingerprint density at radius 2 is 2.14 bits per heavy atom. The monoisotopic (exact) mass is 104 g/mol. The van der Waals surface area contributed by atoms with Gasteiger partial charge in [-0.2, -0.15) is 0 Å². The minimum Gasteiger partial charge on any atom is -0.472 e. The quantitative estimate of drug-likeness (QED) is 0.410. The molecule has 0 atom stereocenters. The molecule has 0 heterocycles. The van der Waals surface area contributed by atoms with Crippen LogP contribution in [-0.2, 0) is 4.74 Å². The van der Waals surface area contributed by atoms with Crippen LogP contribution in [-0.4, -0.2) is 30.1 Å². The Labute approximate surface area is 40.9 Å². The van der Waals surface area contributed by atoms with Crippen LogP contribution in [0.4, 0.5) is 4.79 Å². The Kier molecular flexibility index (Phi) is 2.40. The van der Waals surface area contributed by atoms with Gasteiger partial charge in [-0.15, -0.1) is 0 Å². The highest BCUT2D eigenvalue weighted by Crippen LogP contribution is 1.75. The van der Waals surface area contributed by atoms with E-state index in [4.69, 9.17) is 10.0 Å². The van der Waals surface area contributed by atoms with Crippen molar-refractivity contribution in [1.82, 2.24) is 0 Å². The summed E-state index contributed by atoms with van der Waals surface area (Å²) >= 11 is 0. The number of methoxy groups -OCH3 is 1. The third kappa shape index (κ3) is 2.19. The van der Waals surface area contributed by atoms with E-state index in [2.05, 4.69) is 4.74 Å². The van der Waals surface area contributed by atoms with E-state index in [0.29, 0.717) is 0 Å². The first-order valence-corrected chi connectivity index (χ1v) is 1.62. The molecule has 0 saturated heterocycles. The van der Waals surface area contributed by atoms with Gasteiger partial charge in [-0.25, -0.2) is 0 Å². The van der Waals surface area contributed by atoms with E-state index >= 15 is 0 Å². The molecule has 0 aromatic carbocycles. The summed E-state index contributed by atoms with van der Waals surface area (Å²) in [6.45, 7) is 0. The first-order valence-electron chi connectivity index (χ1n) is 1.62. The predicted octanol–water partition coefficient (Wildman–Crippen LogP) is -1.19. The van der Waals surface area contributed by atoms with Crippen LogP contribution in [0.2, 0.25) is 0 Å². The Morgan fingerprint density at radius 3 is 2.14 bits per heavy atom. The van der Waals surface area contributed by atoms with Crippen molar-refractivity contribution in [3.8, 4) is 0 Å². The van der Waals surface area contributed by atoms with Crippen molar-refractivity contribution in [2.24, 2.45) is 0 Å². The molecule has 2 N–H and O–H groups in total. The van der Waals surface area contributed by atoms with Crippen molar-refractivity contribution in [3.63, 3.8) is 0 Å². The van der Waals surface area contributed by atoms with Gasteiger partial charge in [-0.05, 0) is 0 Å². The van der Waals surface area contributed by atoms with Crippen molar-refractivity contribution in [2.45, 2.75) is 0 Å². The summed E-state index contributed by atoms with van der Waals surface area (Å²) in [5, 5.41) is 15.8. The minimum absolute atomic E-state index is 1.04. The molecule has 0 fully saturated rings. The van der Waals surface area contributed by atoms with Crippen molar-refractivity contribution in [1.29, 1.82) is 0 Å². The molecular weight excluding hydrogens is 98.8 g/mol. The van der Waals surface area contributed by atoms with Crippen LogP contribution in [0.5, 0.6) is 0 Å². The SMILES string of the molecule is COC(=O)B(O)O. The summed E-state index contributed by atoms with van der Waals surface area (Å²) in [6.07, 6.45) is 0. The van der Waals surface area contributed by atoms with E-state index in [0.717, 1.165) is 7.11 Å². The second-order valence-corrected chi connectivity index (χ2v) is 0.897. The summed E-state index contributed by atoms with van der Waals surface area (Å²) in [6, 6.07) is 0. The molecule has 0 aliphatic rings. The Bertz CT molecular complexity index is 70.1. The van der Waals surface area contributed by atoms with E-state index in [9.17, 15) is 4.79 Å². The van der Waals surface area contributed by atoms with Gasteiger partial charge in [0.2, 0.25) is 0 Å². The van der Waals surface area contributed by atoms with Crippen LogP contribution in [0.25, 0.3) is 0 Å². The average molecular weight is 104 g/mol. The van der Waals surface area contributed by atoms with Gasteiger partial charge in [0.05, 0.1) is 7.11 Å². The molecule has 5 heteroatoms. The fourth-order valence-electron chi connectivity index (χ4n) is 0.105. The minimum atomic E-state index is -2.00. The topological polar surface area (TPSA) is 66.8 Å². The van der Waals surface area contributed by atoms with Gasteiger partial charge in [0.15, 0.2) is 0 Å². The largest absolute Gasteiger partial charge is 0.579 e. The smallest absolute Gasteiger partial charge is 0.472 e. The fraction of sp³-hybridized carbons (Fsp3) is 0.500. The number of carbonyl (C=O) groups excluding carboxylic acids is 1. The molecule has 0 aliphatic carbocycles.